The maximum absolute atomic E-state index is 12.5. The third-order valence-corrected chi connectivity index (χ3v) is 5.37. The van der Waals surface area contributed by atoms with Crippen LogP contribution in [0.4, 0.5) is 5.69 Å². The van der Waals surface area contributed by atoms with E-state index in [1.807, 2.05) is 13.8 Å². The second kappa shape index (κ2) is 7.81. The van der Waals surface area contributed by atoms with Gasteiger partial charge in [-0.05, 0) is 43.7 Å². The molecule has 128 valence electrons. The summed E-state index contributed by atoms with van der Waals surface area (Å²) in [6, 6.07) is 12.9. The highest BCUT2D eigenvalue weighted by Gasteiger charge is 2.19. The van der Waals surface area contributed by atoms with Crippen LogP contribution in [0, 0.1) is 0 Å². The largest absolute Gasteiger partial charge is 0.350 e. The van der Waals surface area contributed by atoms with Gasteiger partial charge in [-0.25, -0.2) is 8.42 Å². The molecule has 0 aromatic heterocycles. The van der Waals surface area contributed by atoms with E-state index in [0.717, 1.165) is 6.42 Å². The molecule has 24 heavy (non-hydrogen) atoms. The molecule has 0 fully saturated rings. The van der Waals surface area contributed by atoms with Crippen LogP contribution in [0.2, 0.25) is 0 Å². The lowest BCUT2D eigenvalue weighted by Gasteiger charge is -2.15. The molecular formula is C17H19BrN2O3S. The Bertz CT molecular complexity index is 837. The van der Waals surface area contributed by atoms with Crippen molar-refractivity contribution in [1.82, 2.24) is 5.32 Å². The molecule has 0 heterocycles. The van der Waals surface area contributed by atoms with Crippen LogP contribution in [0.15, 0.2) is 57.9 Å². The maximum Gasteiger partial charge on any atom is 0.261 e. The van der Waals surface area contributed by atoms with Gasteiger partial charge < -0.3 is 5.32 Å². The molecule has 1 atom stereocenters. The van der Waals surface area contributed by atoms with Gasteiger partial charge in [0.15, 0.2) is 0 Å². The van der Waals surface area contributed by atoms with Gasteiger partial charge in [0, 0.05) is 10.5 Å². The predicted molar refractivity (Wildman–Crippen MR) is 98.6 cm³/mol. The summed E-state index contributed by atoms with van der Waals surface area (Å²) in [5, 5.41) is 2.84. The third-order valence-electron chi connectivity index (χ3n) is 3.51. The van der Waals surface area contributed by atoms with E-state index in [1.165, 1.54) is 12.1 Å². The number of hydrogen-bond donors (Lipinski definition) is 2. The standard InChI is InChI=1S/C17H19BrN2O3S/c1-3-12(2)19-17(21)15-9-4-5-10-16(15)20-24(22,23)14-8-6-7-13(18)11-14/h4-12,20H,3H2,1-2H3,(H,19,21)/t12-/m1/s1. The molecule has 0 aliphatic carbocycles. The van der Waals surface area contributed by atoms with Crippen molar-refractivity contribution >= 4 is 37.5 Å². The lowest BCUT2D eigenvalue weighted by molar-refractivity contribution is 0.0940. The number of anilines is 1. The van der Waals surface area contributed by atoms with Gasteiger partial charge in [-0.1, -0.05) is 41.1 Å². The second-order valence-electron chi connectivity index (χ2n) is 5.39. The molecule has 0 radical (unpaired) electrons. The lowest BCUT2D eigenvalue weighted by Crippen LogP contribution is -2.32. The van der Waals surface area contributed by atoms with Crippen LogP contribution in [0.5, 0.6) is 0 Å². The molecule has 0 saturated heterocycles. The number of benzene rings is 2. The fraction of sp³-hybridized carbons (Fsp3) is 0.235. The van der Waals surface area contributed by atoms with Crippen LogP contribution < -0.4 is 10.0 Å². The predicted octanol–water partition coefficient (Wildman–Crippen LogP) is 3.78. The zero-order valence-corrected chi connectivity index (χ0v) is 15.8. The van der Waals surface area contributed by atoms with Crippen molar-refractivity contribution in [2.24, 2.45) is 0 Å². The Balaban J connectivity index is 2.32. The number of carbonyl (C=O) groups excluding carboxylic acids is 1. The van der Waals surface area contributed by atoms with E-state index in [2.05, 4.69) is 26.0 Å². The summed E-state index contributed by atoms with van der Waals surface area (Å²) in [6.45, 7) is 3.86. The Morgan fingerprint density at radius 1 is 1.17 bits per heavy atom. The van der Waals surface area contributed by atoms with Gasteiger partial charge in [0.2, 0.25) is 0 Å². The van der Waals surface area contributed by atoms with E-state index in [-0.39, 0.29) is 28.1 Å². The summed E-state index contributed by atoms with van der Waals surface area (Å²) in [6.07, 6.45) is 0.789. The van der Waals surface area contributed by atoms with E-state index in [9.17, 15) is 13.2 Å². The minimum Gasteiger partial charge on any atom is -0.350 e. The molecule has 5 nitrogen and oxygen atoms in total. The zero-order valence-electron chi connectivity index (χ0n) is 13.4. The molecule has 1 amide bonds. The van der Waals surface area contributed by atoms with Gasteiger partial charge in [-0.15, -0.1) is 0 Å². The summed E-state index contributed by atoms with van der Waals surface area (Å²) < 4.78 is 28.2. The van der Waals surface area contributed by atoms with E-state index in [1.54, 1.807) is 36.4 Å². The molecule has 0 aliphatic rings. The molecule has 2 rings (SSSR count). The van der Waals surface area contributed by atoms with Crippen LogP contribution in [0.25, 0.3) is 0 Å². The van der Waals surface area contributed by atoms with Gasteiger partial charge in [-0.3, -0.25) is 9.52 Å². The summed E-state index contributed by atoms with van der Waals surface area (Å²) in [7, 11) is -3.79. The first-order chi connectivity index (χ1) is 11.3. The molecule has 0 unspecified atom stereocenters. The fourth-order valence-electron chi connectivity index (χ4n) is 2.01. The lowest BCUT2D eigenvalue weighted by atomic mass is 10.1. The van der Waals surface area contributed by atoms with Crippen molar-refractivity contribution in [3.05, 3.63) is 58.6 Å². The number of halogens is 1. The third kappa shape index (κ3) is 4.58. The molecule has 0 bridgehead atoms. The maximum atomic E-state index is 12.5. The van der Waals surface area contributed by atoms with Crippen molar-refractivity contribution in [1.29, 1.82) is 0 Å². The zero-order chi connectivity index (χ0) is 17.7. The molecule has 0 saturated carbocycles. The number of sulfonamides is 1. The summed E-state index contributed by atoms with van der Waals surface area (Å²) in [5.41, 5.74) is 0.537. The van der Waals surface area contributed by atoms with Gasteiger partial charge in [-0.2, -0.15) is 0 Å². The van der Waals surface area contributed by atoms with Gasteiger partial charge in [0.1, 0.15) is 0 Å². The number of para-hydroxylation sites is 1. The van der Waals surface area contributed by atoms with E-state index in [0.29, 0.717) is 4.47 Å². The van der Waals surface area contributed by atoms with Crippen molar-refractivity contribution in [2.75, 3.05) is 4.72 Å². The molecule has 2 aromatic rings. The van der Waals surface area contributed by atoms with E-state index in [4.69, 9.17) is 0 Å². The number of hydrogen-bond acceptors (Lipinski definition) is 3. The number of nitrogens with one attached hydrogen (secondary N) is 2. The molecular weight excluding hydrogens is 392 g/mol. The molecule has 2 aromatic carbocycles. The van der Waals surface area contributed by atoms with Crippen molar-refractivity contribution in [2.45, 2.75) is 31.2 Å². The van der Waals surface area contributed by atoms with Crippen LogP contribution in [-0.2, 0) is 10.0 Å². The Hall–Kier alpha value is -1.86. The normalized spacial score (nSPS) is 12.5. The number of rotatable bonds is 6. The molecule has 0 spiro atoms. The Labute approximate surface area is 150 Å². The molecule has 2 N–H and O–H groups in total. The first-order valence-corrected chi connectivity index (χ1v) is 9.79. The summed E-state index contributed by atoms with van der Waals surface area (Å²) in [5.74, 6) is -0.308. The van der Waals surface area contributed by atoms with Crippen LogP contribution >= 0.6 is 15.9 Å². The summed E-state index contributed by atoms with van der Waals surface area (Å²) in [4.78, 5) is 12.5. The van der Waals surface area contributed by atoms with E-state index < -0.39 is 10.0 Å². The van der Waals surface area contributed by atoms with Gasteiger partial charge in [0.25, 0.3) is 15.9 Å². The van der Waals surface area contributed by atoms with Gasteiger partial charge in [0.05, 0.1) is 16.1 Å². The topological polar surface area (TPSA) is 75.3 Å². The van der Waals surface area contributed by atoms with E-state index >= 15 is 0 Å². The smallest absolute Gasteiger partial charge is 0.261 e. The number of amides is 1. The highest BCUT2D eigenvalue weighted by molar-refractivity contribution is 9.10. The number of carbonyl (C=O) groups is 1. The Morgan fingerprint density at radius 3 is 2.54 bits per heavy atom. The quantitative estimate of drug-likeness (QED) is 0.760. The van der Waals surface area contributed by atoms with Gasteiger partial charge >= 0.3 is 0 Å². The highest BCUT2D eigenvalue weighted by Crippen LogP contribution is 2.22. The van der Waals surface area contributed by atoms with Crippen molar-refractivity contribution < 1.29 is 13.2 Å². The second-order valence-corrected chi connectivity index (χ2v) is 7.99. The average Bonchev–Trinajstić information content (AvgIpc) is 2.54. The van der Waals surface area contributed by atoms with Crippen LogP contribution in [0.3, 0.4) is 0 Å². The first-order valence-electron chi connectivity index (χ1n) is 7.51. The van der Waals surface area contributed by atoms with Crippen molar-refractivity contribution in [3.63, 3.8) is 0 Å². The SMILES string of the molecule is CC[C@@H](C)NC(=O)c1ccccc1NS(=O)(=O)c1cccc(Br)c1. The Morgan fingerprint density at radius 2 is 1.88 bits per heavy atom. The van der Waals surface area contributed by atoms with Crippen LogP contribution in [-0.4, -0.2) is 20.4 Å². The molecule has 0 aliphatic heterocycles. The minimum atomic E-state index is -3.79. The highest BCUT2D eigenvalue weighted by atomic mass is 79.9. The van der Waals surface area contributed by atoms with Crippen molar-refractivity contribution in [3.8, 4) is 0 Å². The van der Waals surface area contributed by atoms with Crippen LogP contribution in [0.1, 0.15) is 30.6 Å². The average molecular weight is 411 g/mol. The fourth-order valence-corrected chi connectivity index (χ4v) is 3.69. The first kappa shape index (κ1) is 18.5. The minimum absolute atomic E-state index is 0.00671. The summed E-state index contributed by atoms with van der Waals surface area (Å²) >= 11 is 3.26. The Kier molecular flexibility index (Phi) is 6.01. The molecule has 7 heteroatoms. The monoisotopic (exact) mass is 410 g/mol.